The lowest BCUT2D eigenvalue weighted by molar-refractivity contribution is 0.101. The van der Waals surface area contributed by atoms with Gasteiger partial charge in [-0.25, -0.2) is 4.98 Å². The van der Waals surface area contributed by atoms with Gasteiger partial charge >= 0.3 is 0 Å². The molecule has 1 saturated heterocycles. The van der Waals surface area contributed by atoms with Crippen LogP contribution in [0.3, 0.4) is 0 Å². The molecule has 2 unspecified atom stereocenters. The summed E-state index contributed by atoms with van der Waals surface area (Å²) >= 11 is 1.68. The molecule has 17 heavy (non-hydrogen) atoms. The first-order valence-electron chi connectivity index (χ1n) is 6.29. The van der Waals surface area contributed by atoms with Gasteiger partial charge in [-0.2, -0.15) is 0 Å². The summed E-state index contributed by atoms with van der Waals surface area (Å²) in [5, 5.41) is 3.19. The Labute approximate surface area is 107 Å². The second kappa shape index (κ2) is 6.44. The van der Waals surface area contributed by atoms with Crippen LogP contribution >= 0.6 is 11.3 Å². The first-order chi connectivity index (χ1) is 8.29. The SMILES string of the molecule is Cc1nc(C(CCCC2CCCO2)NN)cs1. The molecule has 1 aromatic rings. The molecule has 0 aromatic carbocycles. The first kappa shape index (κ1) is 13.0. The van der Waals surface area contributed by atoms with Crippen molar-refractivity contribution in [3.63, 3.8) is 0 Å². The number of hydrogen-bond donors (Lipinski definition) is 2. The summed E-state index contributed by atoms with van der Waals surface area (Å²) in [7, 11) is 0. The maximum absolute atomic E-state index is 5.61. The van der Waals surface area contributed by atoms with Crippen molar-refractivity contribution in [2.24, 2.45) is 5.84 Å². The van der Waals surface area contributed by atoms with Crippen LogP contribution in [0.1, 0.15) is 48.8 Å². The van der Waals surface area contributed by atoms with E-state index in [1.807, 2.05) is 6.92 Å². The van der Waals surface area contributed by atoms with Crippen molar-refractivity contribution in [3.05, 3.63) is 16.1 Å². The van der Waals surface area contributed by atoms with Crippen molar-refractivity contribution in [2.45, 2.75) is 51.2 Å². The summed E-state index contributed by atoms with van der Waals surface area (Å²) in [6.45, 7) is 2.96. The van der Waals surface area contributed by atoms with E-state index in [0.717, 1.165) is 36.6 Å². The van der Waals surface area contributed by atoms with Crippen LogP contribution in [0.2, 0.25) is 0 Å². The van der Waals surface area contributed by atoms with Gasteiger partial charge in [0.15, 0.2) is 0 Å². The van der Waals surface area contributed by atoms with Gasteiger partial charge in [-0.15, -0.1) is 11.3 Å². The van der Waals surface area contributed by atoms with E-state index in [4.69, 9.17) is 10.6 Å². The number of hydrazine groups is 1. The highest BCUT2D eigenvalue weighted by Crippen LogP contribution is 2.23. The standard InChI is InChI=1S/C12H21N3OS/c1-9-14-12(8-17-9)11(15-13)6-2-4-10-5-3-7-16-10/h8,10-11,15H,2-7,13H2,1H3. The Bertz CT molecular complexity index is 336. The molecule has 2 heterocycles. The zero-order valence-electron chi connectivity index (χ0n) is 10.3. The minimum absolute atomic E-state index is 0.182. The van der Waals surface area contributed by atoms with Gasteiger partial charge in [-0.05, 0) is 39.0 Å². The number of aromatic nitrogens is 1. The smallest absolute Gasteiger partial charge is 0.0898 e. The Morgan fingerprint density at radius 3 is 3.18 bits per heavy atom. The number of rotatable bonds is 6. The highest BCUT2D eigenvalue weighted by molar-refractivity contribution is 7.09. The fraction of sp³-hybridized carbons (Fsp3) is 0.750. The summed E-state index contributed by atoms with van der Waals surface area (Å²) in [6, 6.07) is 0.182. The fourth-order valence-corrected chi connectivity index (χ4v) is 2.94. The molecule has 1 aliphatic rings. The molecule has 4 nitrogen and oxygen atoms in total. The minimum atomic E-state index is 0.182. The zero-order chi connectivity index (χ0) is 12.1. The maximum atomic E-state index is 5.61. The number of aryl methyl sites for hydroxylation is 1. The average Bonchev–Trinajstić information content (AvgIpc) is 2.96. The zero-order valence-corrected chi connectivity index (χ0v) is 11.1. The lowest BCUT2D eigenvalue weighted by Crippen LogP contribution is -2.28. The molecule has 0 amide bonds. The largest absolute Gasteiger partial charge is 0.378 e. The van der Waals surface area contributed by atoms with Gasteiger partial charge in [-0.3, -0.25) is 11.3 Å². The quantitative estimate of drug-likeness (QED) is 0.605. The molecule has 0 saturated carbocycles. The third-order valence-corrected chi connectivity index (χ3v) is 4.03. The summed E-state index contributed by atoms with van der Waals surface area (Å²) in [6.07, 6.45) is 6.22. The van der Waals surface area contributed by atoms with E-state index in [0.29, 0.717) is 6.10 Å². The van der Waals surface area contributed by atoms with Gasteiger partial charge in [0.25, 0.3) is 0 Å². The molecule has 2 rings (SSSR count). The second-order valence-corrected chi connectivity index (χ2v) is 5.64. The molecule has 0 spiro atoms. The number of nitrogens with one attached hydrogen (secondary N) is 1. The predicted octanol–water partition coefficient (Wildman–Crippen LogP) is 2.31. The second-order valence-electron chi connectivity index (χ2n) is 4.58. The van der Waals surface area contributed by atoms with Gasteiger partial charge in [-0.1, -0.05) is 0 Å². The minimum Gasteiger partial charge on any atom is -0.378 e. The highest BCUT2D eigenvalue weighted by atomic mass is 32.1. The van der Waals surface area contributed by atoms with E-state index < -0.39 is 0 Å². The highest BCUT2D eigenvalue weighted by Gasteiger charge is 2.17. The molecule has 3 N–H and O–H groups in total. The number of nitrogens with zero attached hydrogens (tertiary/aromatic N) is 1. The van der Waals surface area contributed by atoms with Crippen molar-refractivity contribution in [3.8, 4) is 0 Å². The predicted molar refractivity (Wildman–Crippen MR) is 69.7 cm³/mol. The third-order valence-electron chi connectivity index (χ3n) is 3.24. The van der Waals surface area contributed by atoms with Gasteiger partial charge in [0.2, 0.25) is 0 Å². The van der Waals surface area contributed by atoms with Crippen molar-refractivity contribution < 1.29 is 4.74 Å². The van der Waals surface area contributed by atoms with Crippen molar-refractivity contribution in [1.82, 2.24) is 10.4 Å². The van der Waals surface area contributed by atoms with Gasteiger partial charge in [0.05, 0.1) is 22.8 Å². The van der Waals surface area contributed by atoms with Gasteiger partial charge in [0, 0.05) is 12.0 Å². The van der Waals surface area contributed by atoms with E-state index in [1.165, 1.54) is 12.8 Å². The van der Waals surface area contributed by atoms with Crippen LogP contribution in [0.4, 0.5) is 0 Å². The molecule has 96 valence electrons. The lowest BCUT2D eigenvalue weighted by atomic mass is 10.0. The van der Waals surface area contributed by atoms with Crippen LogP contribution in [0.25, 0.3) is 0 Å². The number of ether oxygens (including phenoxy) is 1. The van der Waals surface area contributed by atoms with Crippen LogP contribution < -0.4 is 11.3 Å². The van der Waals surface area contributed by atoms with E-state index in [-0.39, 0.29) is 6.04 Å². The normalized spacial score (nSPS) is 21.9. The van der Waals surface area contributed by atoms with Crippen LogP contribution in [0.5, 0.6) is 0 Å². The van der Waals surface area contributed by atoms with E-state index in [9.17, 15) is 0 Å². The molecule has 1 aromatic heterocycles. The molecular formula is C12H21N3OS. The Morgan fingerprint density at radius 2 is 2.59 bits per heavy atom. The Balaban J connectivity index is 1.75. The monoisotopic (exact) mass is 255 g/mol. The van der Waals surface area contributed by atoms with Crippen molar-refractivity contribution >= 4 is 11.3 Å². The van der Waals surface area contributed by atoms with E-state index in [1.54, 1.807) is 11.3 Å². The third kappa shape index (κ3) is 3.74. The maximum Gasteiger partial charge on any atom is 0.0898 e. The first-order valence-corrected chi connectivity index (χ1v) is 7.17. The van der Waals surface area contributed by atoms with Gasteiger partial charge in [0.1, 0.15) is 0 Å². The number of hydrogen-bond acceptors (Lipinski definition) is 5. The molecule has 1 fully saturated rings. The molecule has 2 atom stereocenters. The Hall–Kier alpha value is -0.490. The van der Waals surface area contributed by atoms with Crippen molar-refractivity contribution in [1.29, 1.82) is 0 Å². The fourth-order valence-electron chi connectivity index (χ4n) is 2.28. The summed E-state index contributed by atoms with van der Waals surface area (Å²) in [5.74, 6) is 5.59. The van der Waals surface area contributed by atoms with Crippen LogP contribution in [0.15, 0.2) is 5.38 Å². The van der Waals surface area contributed by atoms with Crippen LogP contribution in [0, 0.1) is 6.92 Å². The number of nitrogens with two attached hydrogens (primary N) is 1. The van der Waals surface area contributed by atoms with Crippen LogP contribution in [-0.4, -0.2) is 17.7 Å². The number of thiazole rings is 1. The summed E-state index contributed by atoms with van der Waals surface area (Å²) in [4.78, 5) is 4.48. The Kier molecular flexibility index (Phi) is 4.91. The Morgan fingerprint density at radius 1 is 1.71 bits per heavy atom. The van der Waals surface area contributed by atoms with Crippen molar-refractivity contribution in [2.75, 3.05) is 6.61 Å². The summed E-state index contributed by atoms with van der Waals surface area (Å²) < 4.78 is 5.61. The topological polar surface area (TPSA) is 60.2 Å². The van der Waals surface area contributed by atoms with Gasteiger partial charge < -0.3 is 4.74 Å². The molecular weight excluding hydrogens is 234 g/mol. The van der Waals surface area contributed by atoms with E-state index in [2.05, 4.69) is 15.8 Å². The molecule has 5 heteroatoms. The molecule has 1 aliphatic heterocycles. The molecule has 0 bridgehead atoms. The average molecular weight is 255 g/mol. The summed E-state index contributed by atoms with van der Waals surface area (Å²) in [5.41, 5.74) is 3.93. The van der Waals surface area contributed by atoms with E-state index >= 15 is 0 Å². The van der Waals surface area contributed by atoms with Crippen LogP contribution in [-0.2, 0) is 4.74 Å². The molecule has 0 aliphatic carbocycles. The lowest BCUT2D eigenvalue weighted by Gasteiger charge is -2.15. The molecule has 0 radical (unpaired) electrons.